The van der Waals surface area contributed by atoms with Crippen LogP contribution >= 0.6 is 0 Å². The quantitative estimate of drug-likeness (QED) is 0.0248. The first kappa shape index (κ1) is 68.9. The molecule has 9 rings (SSSR count). The maximum Gasteiger partial charge on any atom is 0.335 e. The standard InChI is InChI=1S/C24H25NO6S.C22H21NO6S.C21H18FNO6S/c1-17(2)18-5-13-23(14-6-18)32(28,29)25-20-7-11-22(12-8-20)31-16-15-30-21-9-3-19(4-10-21)24(26)27;1-16-3-2-4-21(15-16)30(26,27)23-18-7-11-20(12-8-18)29-14-13-28-19-9-5-17(6-10-19)22(24)25;22-16-2-1-3-20(14-16)30(26,27)23-17-6-10-19(11-7-17)29-13-12-28-18-8-4-15(5-9-18)21(24)25/h3-14,17,25H,15-16H2,1-2H3,(H,26,27);2-12,15,23H,13-14H2,1H3,(H,24,25);1-11,14,23H,12-13H2,(H,24,25). The van der Waals surface area contributed by atoms with Crippen LogP contribution in [0.3, 0.4) is 0 Å². The molecule has 0 aliphatic heterocycles. The lowest BCUT2D eigenvalue weighted by molar-refractivity contribution is 0.0686. The fourth-order valence-corrected chi connectivity index (χ4v) is 11.3. The van der Waals surface area contributed by atoms with Gasteiger partial charge >= 0.3 is 17.9 Å². The highest BCUT2D eigenvalue weighted by molar-refractivity contribution is 7.93. The summed E-state index contributed by atoms with van der Waals surface area (Å²) in [5.74, 6) is -0.0431. The zero-order valence-corrected chi connectivity index (χ0v) is 52.1. The number of nitrogens with one attached hydrogen (secondary N) is 3. The molecule has 9 aromatic rings. The molecule has 0 unspecified atom stereocenters. The molecule has 0 aliphatic carbocycles. The van der Waals surface area contributed by atoms with Crippen LogP contribution in [0.2, 0.25) is 0 Å². The number of halogens is 1. The number of carboxylic acid groups (broad SMARTS) is 3. The normalized spacial score (nSPS) is 11.1. The Bertz CT molecular complexity index is 4060. The number of aromatic carboxylic acids is 3. The molecule has 0 heterocycles. The first-order valence-electron chi connectivity index (χ1n) is 28.0. The predicted molar refractivity (Wildman–Crippen MR) is 343 cm³/mol. The average Bonchev–Trinajstić information content (AvgIpc) is 0.941. The third-order valence-corrected chi connectivity index (χ3v) is 16.9. The lowest BCUT2D eigenvalue weighted by Crippen LogP contribution is -2.13. The van der Waals surface area contributed by atoms with Crippen molar-refractivity contribution in [2.75, 3.05) is 53.8 Å². The largest absolute Gasteiger partial charge is 0.490 e. The number of sulfonamides is 3. The summed E-state index contributed by atoms with van der Waals surface area (Å²) in [6.07, 6.45) is 0. The van der Waals surface area contributed by atoms with Gasteiger partial charge in [0.2, 0.25) is 0 Å². The van der Waals surface area contributed by atoms with Gasteiger partial charge in [-0.15, -0.1) is 0 Å². The first-order chi connectivity index (χ1) is 43.9. The van der Waals surface area contributed by atoms with E-state index in [2.05, 4.69) is 28.0 Å². The van der Waals surface area contributed by atoms with Crippen molar-refractivity contribution < 1.29 is 87.8 Å². The molecule has 0 atom stereocenters. The number of benzene rings is 9. The fourth-order valence-electron chi connectivity index (χ4n) is 7.99. The molecule has 0 radical (unpaired) electrons. The van der Waals surface area contributed by atoms with Crippen LogP contribution in [-0.2, 0) is 30.1 Å². The summed E-state index contributed by atoms with van der Waals surface area (Å²) >= 11 is 0. The summed E-state index contributed by atoms with van der Waals surface area (Å²) in [6, 6.07) is 55.8. The van der Waals surface area contributed by atoms with E-state index in [9.17, 15) is 44.0 Å². The van der Waals surface area contributed by atoms with E-state index in [1.807, 2.05) is 25.1 Å². The Labute approximate surface area is 531 Å². The number of carboxylic acids is 3. The maximum atomic E-state index is 13.3. The highest BCUT2D eigenvalue weighted by atomic mass is 32.2. The van der Waals surface area contributed by atoms with Crippen LogP contribution in [0.5, 0.6) is 34.5 Å². The van der Waals surface area contributed by atoms with Crippen LogP contribution < -0.4 is 42.6 Å². The third kappa shape index (κ3) is 21.8. The van der Waals surface area contributed by atoms with Crippen molar-refractivity contribution >= 4 is 65.0 Å². The van der Waals surface area contributed by atoms with E-state index in [0.29, 0.717) is 57.5 Å². The number of aryl methyl sites for hydroxylation is 1. The van der Waals surface area contributed by atoms with Gasteiger partial charge in [0.25, 0.3) is 30.1 Å². The second-order valence-electron chi connectivity index (χ2n) is 20.0. The minimum atomic E-state index is -3.90. The van der Waals surface area contributed by atoms with E-state index in [4.69, 9.17) is 43.7 Å². The van der Waals surface area contributed by atoms with Crippen molar-refractivity contribution in [3.8, 4) is 34.5 Å². The Morgan fingerprint density at radius 1 is 0.370 bits per heavy atom. The number of anilines is 3. The molecule has 92 heavy (non-hydrogen) atoms. The zero-order valence-electron chi connectivity index (χ0n) is 49.7. The second-order valence-corrected chi connectivity index (χ2v) is 25.0. The molecule has 25 heteroatoms. The summed E-state index contributed by atoms with van der Waals surface area (Å²) in [7, 11) is -11.2. The monoisotopic (exact) mass is 1310 g/mol. The number of ether oxygens (including phenoxy) is 6. The van der Waals surface area contributed by atoms with Crippen LogP contribution in [-0.4, -0.2) is 98.1 Å². The molecule has 0 saturated carbocycles. The van der Waals surface area contributed by atoms with Crippen LogP contribution in [0.4, 0.5) is 21.5 Å². The maximum absolute atomic E-state index is 13.3. The summed E-state index contributed by atoms with van der Waals surface area (Å²) in [5.41, 5.74) is 3.66. The molecule has 6 N–H and O–H groups in total. The molecule has 0 bridgehead atoms. The summed E-state index contributed by atoms with van der Waals surface area (Å²) in [5, 5.41) is 26.6. The smallest absolute Gasteiger partial charge is 0.335 e. The van der Waals surface area contributed by atoms with Gasteiger partial charge in [-0.2, -0.15) is 0 Å². The van der Waals surface area contributed by atoms with Gasteiger partial charge in [0.05, 0.1) is 31.4 Å². The van der Waals surface area contributed by atoms with Gasteiger partial charge in [0, 0.05) is 17.1 Å². The van der Waals surface area contributed by atoms with Crippen molar-refractivity contribution in [2.24, 2.45) is 0 Å². The van der Waals surface area contributed by atoms with Crippen LogP contribution in [0.25, 0.3) is 0 Å². The fraction of sp³-hybridized carbons (Fsp3) is 0.149. The first-order valence-corrected chi connectivity index (χ1v) is 32.4. The lowest BCUT2D eigenvalue weighted by atomic mass is 10.0. The van der Waals surface area contributed by atoms with Crippen molar-refractivity contribution in [2.45, 2.75) is 41.4 Å². The molecule has 0 aromatic heterocycles. The molecular weight excluding hydrogens is 1250 g/mol. The highest BCUT2D eigenvalue weighted by Crippen LogP contribution is 2.25. The molecular formula is C67H64FN3O18S3. The van der Waals surface area contributed by atoms with Crippen molar-refractivity contribution in [1.82, 2.24) is 0 Å². The Hall–Kier alpha value is -10.6. The number of rotatable bonds is 28. The molecule has 21 nitrogen and oxygen atoms in total. The lowest BCUT2D eigenvalue weighted by Gasteiger charge is -2.11. The van der Waals surface area contributed by atoms with E-state index in [1.54, 1.807) is 127 Å². The number of carbonyl (C=O) groups is 3. The molecule has 0 fully saturated rings. The zero-order chi connectivity index (χ0) is 66.3. The molecule has 0 amide bonds. The van der Waals surface area contributed by atoms with Crippen molar-refractivity contribution in [1.29, 1.82) is 0 Å². The highest BCUT2D eigenvalue weighted by Gasteiger charge is 2.18. The summed E-state index contributed by atoms with van der Waals surface area (Å²) in [4.78, 5) is 32.7. The molecule has 480 valence electrons. The molecule has 0 saturated heterocycles. The van der Waals surface area contributed by atoms with Gasteiger partial charge < -0.3 is 43.7 Å². The van der Waals surface area contributed by atoms with Gasteiger partial charge in [0.1, 0.15) is 80.0 Å². The van der Waals surface area contributed by atoms with E-state index in [-0.39, 0.29) is 71.0 Å². The molecule has 9 aromatic carbocycles. The number of hydrogen-bond donors (Lipinski definition) is 6. The Morgan fingerprint density at radius 2 is 0.641 bits per heavy atom. The van der Waals surface area contributed by atoms with Gasteiger partial charge in [-0.3, -0.25) is 14.2 Å². The van der Waals surface area contributed by atoms with E-state index in [1.165, 1.54) is 66.7 Å². The van der Waals surface area contributed by atoms with Crippen LogP contribution in [0.1, 0.15) is 62.0 Å². The van der Waals surface area contributed by atoms with E-state index < -0.39 is 53.8 Å². The predicted octanol–water partition coefficient (Wildman–Crippen LogP) is 12.5. The number of hydrogen-bond acceptors (Lipinski definition) is 15. The average molecular weight is 1310 g/mol. The van der Waals surface area contributed by atoms with Gasteiger partial charge in [-0.25, -0.2) is 44.0 Å². The second kappa shape index (κ2) is 32.7. The Balaban J connectivity index is 0.000000196. The van der Waals surface area contributed by atoms with E-state index in [0.717, 1.165) is 17.2 Å². The third-order valence-electron chi connectivity index (χ3n) is 12.7. The molecule has 0 spiro atoms. The van der Waals surface area contributed by atoms with Gasteiger partial charge in [-0.1, -0.05) is 44.2 Å². The summed E-state index contributed by atoms with van der Waals surface area (Å²) in [6.45, 7) is 7.49. The van der Waals surface area contributed by atoms with Crippen LogP contribution in [0.15, 0.2) is 233 Å². The van der Waals surface area contributed by atoms with Gasteiger partial charge in [-0.05, 0) is 212 Å². The minimum absolute atomic E-state index is 0.170. The van der Waals surface area contributed by atoms with Gasteiger partial charge in [0.15, 0.2) is 0 Å². The summed E-state index contributed by atoms with van der Waals surface area (Å²) < 4.78 is 129. The molecule has 0 aliphatic rings. The topological polar surface area (TPSA) is 306 Å². The minimum Gasteiger partial charge on any atom is -0.490 e. The Kier molecular flexibility index (Phi) is 24.5. The van der Waals surface area contributed by atoms with Crippen molar-refractivity contribution in [3.63, 3.8) is 0 Å². The van der Waals surface area contributed by atoms with Crippen molar-refractivity contribution in [3.05, 3.63) is 252 Å². The Morgan fingerprint density at radius 3 is 0.913 bits per heavy atom. The van der Waals surface area contributed by atoms with E-state index >= 15 is 0 Å². The van der Waals surface area contributed by atoms with Crippen LogP contribution in [0, 0.1) is 12.7 Å². The SMILES string of the molecule is CC(C)c1ccc(S(=O)(=O)Nc2ccc(OCCOc3ccc(C(=O)O)cc3)cc2)cc1.Cc1cccc(S(=O)(=O)Nc2ccc(OCCOc3ccc(C(=O)O)cc3)cc2)c1.O=C(O)c1ccc(OCCOc2ccc(NS(=O)(=O)c3cccc(F)c3)cc2)cc1.